The molecule has 126 valence electrons. The number of carboxylic acid groups (broad SMARTS) is 1. The first-order valence-corrected chi connectivity index (χ1v) is 7.57. The average molecular weight is 328 g/mol. The topological polar surface area (TPSA) is 102 Å². The van der Waals surface area contributed by atoms with E-state index in [0.717, 1.165) is 16.7 Å². The highest BCUT2D eigenvalue weighted by molar-refractivity contribution is 5.80. The van der Waals surface area contributed by atoms with Crippen LogP contribution in [0.25, 0.3) is 0 Å². The Hall–Kier alpha value is -2.86. The van der Waals surface area contributed by atoms with Crippen LogP contribution in [0.15, 0.2) is 54.6 Å². The Labute approximate surface area is 140 Å². The number of alkyl carbamates (subject to hydrolysis) is 1. The Bertz CT molecular complexity index is 688. The van der Waals surface area contributed by atoms with E-state index < -0.39 is 18.1 Å². The van der Waals surface area contributed by atoms with Gasteiger partial charge < -0.3 is 20.9 Å². The fraction of sp³-hybridized carbons (Fsp3) is 0.222. The summed E-state index contributed by atoms with van der Waals surface area (Å²) in [5, 5.41) is 11.7. The molecule has 6 heteroatoms. The Kier molecular flexibility index (Phi) is 6.33. The van der Waals surface area contributed by atoms with Crippen LogP contribution in [0.5, 0.6) is 0 Å². The second kappa shape index (κ2) is 8.69. The van der Waals surface area contributed by atoms with Gasteiger partial charge in [0.25, 0.3) is 0 Å². The summed E-state index contributed by atoms with van der Waals surface area (Å²) in [6, 6.07) is 15.4. The van der Waals surface area contributed by atoms with Gasteiger partial charge in [0.2, 0.25) is 0 Å². The molecule has 0 bridgehead atoms. The van der Waals surface area contributed by atoms with Gasteiger partial charge >= 0.3 is 12.1 Å². The van der Waals surface area contributed by atoms with Gasteiger partial charge in [-0.15, -0.1) is 0 Å². The molecule has 24 heavy (non-hydrogen) atoms. The van der Waals surface area contributed by atoms with E-state index in [-0.39, 0.29) is 13.0 Å². The molecule has 0 heterocycles. The molecular weight excluding hydrogens is 308 g/mol. The molecule has 4 N–H and O–H groups in total. The highest BCUT2D eigenvalue weighted by Crippen LogP contribution is 2.11. The van der Waals surface area contributed by atoms with Crippen molar-refractivity contribution in [2.75, 3.05) is 0 Å². The van der Waals surface area contributed by atoms with Crippen LogP contribution in [0.1, 0.15) is 16.7 Å². The first kappa shape index (κ1) is 17.5. The van der Waals surface area contributed by atoms with Crippen molar-refractivity contribution in [1.29, 1.82) is 0 Å². The number of rotatable bonds is 7. The summed E-state index contributed by atoms with van der Waals surface area (Å²) in [5.41, 5.74) is 8.12. The van der Waals surface area contributed by atoms with Gasteiger partial charge in [-0.2, -0.15) is 0 Å². The quantitative estimate of drug-likeness (QED) is 0.722. The zero-order valence-electron chi connectivity index (χ0n) is 13.1. The number of aliphatic carboxylic acids is 1. The number of carbonyl (C=O) groups is 2. The molecule has 0 aliphatic carbocycles. The molecule has 0 saturated heterocycles. The van der Waals surface area contributed by atoms with Crippen molar-refractivity contribution >= 4 is 12.1 Å². The molecule has 0 spiro atoms. The van der Waals surface area contributed by atoms with Gasteiger partial charge in [-0.25, -0.2) is 9.59 Å². The maximum Gasteiger partial charge on any atom is 0.408 e. The van der Waals surface area contributed by atoms with Crippen molar-refractivity contribution in [3.05, 3.63) is 71.3 Å². The van der Waals surface area contributed by atoms with E-state index in [2.05, 4.69) is 5.32 Å². The third kappa shape index (κ3) is 5.10. The lowest BCUT2D eigenvalue weighted by Gasteiger charge is -2.16. The fourth-order valence-corrected chi connectivity index (χ4v) is 2.28. The standard InChI is InChI=1S/C18H20N2O4/c19-11-15-9-5-4-8-14(15)10-16(17(21)22)20-18(23)24-12-13-6-2-1-3-7-13/h1-9,16H,10-12,19H2,(H,20,23)(H,21,22)/t16-/m1/s1. The van der Waals surface area contributed by atoms with Crippen molar-refractivity contribution in [2.45, 2.75) is 25.6 Å². The molecule has 0 unspecified atom stereocenters. The number of carbonyl (C=O) groups excluding carboxylic acids is 1. The second-order valence-electron chi connectivity index (χ2n) is 5.27. The second-order valence-corrected chi connectivity index (χ2v) is 5.27. The lowest BCUT2D eigenvalue weighted by molar-refractivity contribution is -0.139. The van der Waals surface area contributed by atoms with Crippen LogP contribution in [0.4, 0.5) is 4.79 Å². The molecule has 0 aliphatic heterocycles. The summed E-state index contributed by atoms with van der Waals surface area (Å²) in [7, 11) is 0. The molecule has 0 aliphatic rings. The van der Waals surface area contributed by atoms with E-state index in [4.69, 9.17) is 10.5 Å². The van der Waals surface area contributed by atoms with Crippen molar-refractivity contribution < 1.29 is 19.4 Å². The van der Waals surface area contributed by atoms with Crippen molar-refractivity contribution in [3.63, 3.8) is 0 Å². The highest BCUT2D eigenvalue weighted by atomic mass is 16.5. The minimum Gasteiger partial charge on any atom is -0.480 e. The number of hydrogen-bond donors (Lipinski definition) is 3. The fourth-order valence-electron chi connectivity index (χ4n) is 2.28. The number of carboxylic acids is 1. The molecule has 2 aromatic carbocycles. The van der Waals surface area contributed by atoms with Gasteiger partial charge in [0.1, 0.15) is 12.6 Å². The smallest absolute Gasteiger partial charge is 0.408 e. The van der Waals surface area contributed by atoms with Gasteiger partial charge in [-0.1, -0.05) is 54.6 Å². The van der Waals surface area contributed by atoms with Crippen molar-refractivity contribution in [1.82, 2.24) is 5.32 Å². The van der Waals surface area contributed by atoms with Crippen LogP contribution in [0.3, 0.4) is 0 Å². The summed E-state index contributed by atoms with van der Waals surface area (Å²) in [6.07, 6.45) is -0.625. The first-order chi connectivity index (χ1) is 11.6. The van der Waals surface area contributed by atoms with E-state index in [9.17, 15) is 14.7 Å². The van der Waals surface area contributed by atoms with E-state index in [1.807, 2.05) is 42.5 Å². The Morgan fingerprint density at radius 1 is 1.04 bits per heavy atom. The van der Waals surface area contributed by atoms with E-state index in [1.165, 1.54) is 0 Å². The third-order valence-electron chi connectivity index (χ3n) is 3.57. The zero-order chi connectivity index (χ0) is 17.4. The first-order valence-electron chi connectivity index (χ1n) is 7.57. The Morgan fingerprint density at radius 2 is 1.67 bits per heavy atom. The van der Waals surface area contributed by atoms with E-state index in [0.29, 0.717) is 6.54 Å². The molecule has 6 nitrogen and oxygen atoms in total. The van der Waals surface area contributed by atoms with Gasteiger partial charge in [0, 0.05) is 13.0 Å². The average Bonchev–Trinajstić information content (AvgIpc) is 2.60. The van der Waals surface area contributed by atoms with Crippen LogP contribution in [0.2, 0.25) is 0 Å². The highest BCUT2D eigenvalue weighted by Gasteiger charge is 2.22. The predicted molar refractivity (Wildman–Crippen MR) is 89.2 cm³/mol. The van der Waals surface area contributed by atoms with Crippen LogP contribution in [-0.2, 0) is 29.1 Å². The van der Waals surface area contributed by atoms with Gasteiger partial charge in [-0.05, 0) is 16.7 Å². The number of hydrogen-bond acceptors (Lipinski definition) is 4. The van der Waals surface area contributed by atoms with Gasteiger partial charge in [0.05, 0.1) is 0 Å². The number of amides is 1. The maximum atomic E-state index is 11.9. The minimum absolute atomic E-state index is 0.0817. The lowest BCUT2D eigenvalue weighted by atomic mass is 10.0. The zero-order valence-corrected chi connectivity index (χ0v) is 13.1. The Morgan fingerprint density at radius 3 is 2.29 bits per heavy atom. The van der Waals surface area contributed by atoms with Crippen LogP contribution in [0, 0.1) is 0 Å². The molecule has 1 atom stereocenters. The summed E-state index contributed by atoms with van der Waals surface area (Å²) in [6.45, 7) is 0.388. The van der Waals surface area contributed by atoms with E-state index >= 15 is 0 Å². The number of nitrogens with two attached hydrogens (primary N) is 1. The normalized spacial score (nSPS) is 11.5. The van der Waals surface area contributed by atoms with Crippen LogP contribution < -0.4 is 11.1 Å². The largest absolute Gasteiger partial charge is 0.480 e. The molecule has 2 rings (SSSR count). The molecule has 2 aromatic rings. The summed E-state index contributed by atoms with van der Waals surface area (Å²) < 4.78 is 5.06. The molecule has 0 fully saturated rings. The predicted octanol–water partition coefficient (Wildman–Crippen LogP) is 2.07. The summed E-state index contributed by atoms with van der Waals surface area (Å²) in [4.78, 5) is 23.3. The maximum absolute atomic E-state index is 11.9. The number of ether oxygens (including phenoxy) is 1. The SMILES string of the molecule is NCc1ccccc1C[C@@H](NC(=O)OCc1ccccc1)C(=O)O. The van der Waals surface area contributed by atoms with Gasteiger partial charge in [-0.3, -0.25) is 0 Å². The number of nitrogens with one attached hydrogen (secondary N) is 1. The van der Waals surface area contributed by atoms with E-state index in [1.54, 1.807) is 12.1 Å². The minimum atomic E-state index is -1.13. The molecule has 0 saturated carbocycles. The summed E-state index contributed by atoms with van der Waals surface area (Å²) in [5.74, 6) is -1.13. The summed E-state index contributed by atoms with van der Waals surface area (Å²) >= 11 is 0. The number of benzene rings is 2. The molecule has 0 radical (unpaired) electrons. The molecule has 1 amide bonds. The van der Waals surface area contributed by atoms with Crippen LogP contribution in [-0.4, -0.2) is 23.2 Å². The lowest BCUT2D eigenvalue weighted by Crippen LogP contribution is -2.42. The Balaban J connectivity index is 1.95. The monoisotopic (exact) mass is 328 g/mol. The molecular formula is C18H20N2O4. The van der Waals surface area contributed by atoms with Crippen LogP contribution >= 0.6 is 0 Å². The van der Waals surface area contributed by atoms with Crippen molar-refractivity contribution in [2.24, 2.45) is 5.73 Å². The molecule has 0 aromatic heterocycles. The third-order valence-corrected chi connectivity index (χ3v) is 3.57. The van der Waals surface area contributed by atoms with Crippen molar-refractivity contribution in [3.8, 4) is 0 Å². The van der Waals surface area contributed by atoms with Gasteiger partial charge in [0.15, 0.2) is 0 Å².